The highest BCUT2D eigenvalue weighted by Crippen LogP contribution is 2.51. The van der Waals surface area contributed by atoms with Gasteiger partial charge in [0, 0.05) is 10.1 Å². The largest absolute Gasteiger partial charge is 0.480 e. The van der Waals surface area contributed by atoms with Crippen molar-refractivity contribution in [2.45, 2.75) is 80.2 Å². The van der Waals surface area contributed by atoms with Gasteiger partial charge < -0.3 is 25.9 Å². The van der Waals surface area contributed by atoms with Crippen molar-refractivity contribution in [3.8, 4) is 0 Å². The highest BCUT2D eigenvalue weighted by molar-refractivity contribution is 8.01. The van der Waals surface area contributed by atoms with E-state index < -0.39 is 40.0 Å². The molecule has 3 aliphatic carbocycles. The van der Waals surface area contributed by atoms with E-state index in [0.717, 1.165) is 44.4 Å². The quantitative estimate of drug-likeness (QED) is 0.309. The Bertz CT molecular complexity index is 1020. The Morgan fingerprint density at radius 2 is 1.97 bits per heavy atom. The van der Waals surface area contributed by atoms with Crippen molar-refractivity contribution in [1.82, 2.24) is 15.2 Å². The fourth-order valence-corrected chi connectivity index (χ4v) is 7.62. The zero-order valence-corrected chi connectivity index (χ0v) is 20.1. The Labute approximate surface area is 199 Å². The number of nitrogens with zero attached hydrogens (tertiary/aromatic N) is 3. The lowest BCUT2D eigenvalue weighted by Crippen LogP contribution is -2.71. The normalized spacial score (nSPS) is 34.5. The number of carbonyl (C=O) groups is 3. The molecular formula is C21H27N5O5S2. The molecule has 1 aromatic heterocycles. The zero-order valence-electron chi connectivity index (χ0n) is 18.4. The minimum atomic E-state index is -1.05. The second-order valence-electron chi connectivity index (χ2n) is 9.82. The van der Waals surface area contributed by atoms with Crippen LogP contribution in [0.3, 0.4) is 0 Å². The van der Waals surface area contributed by atoms with Crippen LogP contribution in [0.15, 0.2) is 10.5 Å². The highest BCUT2D eigenvalue weighted by atomic mass is 32.2. The number of carbonyl (C=O) groups excluding carboxylic acids is 2. The Morgan fingerprint density at radius 3 is 2.55 bits per heavy atom. The maximum Gasteiger partial charge on any atom is 0.327 e. The molecule has 12 heteroatoms. The number of aliphatic carboxylic acids is 1. The summed E-state index contributed by atoms with van der Waals surface area (Å²) in [6, 6.07) is -1.78. The number of fused-ring (bicyclic) bond motifs is 4. The lowest BCUT2D eigenvalue weighted by Gasteiger charge is -2.44. The van der Waals surface area contributed by atoms with Crippen LogP contribution in [0.25, 0.3) is 0 Å². The van der Waals surface area contributed by atoms with Gasteiger partial charge in [0.05, 0.1) is 0 Å². The third-order valence-electron chi connectivity index (χ3n) is 7.30. The minimum absolute atomic E-state index is 0.0201. The molecule has 2 saturated heterocycles. The van der Waals surface area contributed by atoms with E-state index in [-0.39, 0.29) is 11.3 Å². The van der Waals surface area contributed by atoms with Gasteiger partial charge in [0.1, 0.15) is 28.8 Å². The first-order chi connectivity index (χ1) is 15.6. The molecule has 5 fully saturated rings. The van der Waals surface area contributed by atoms with Crippen molar-refractivity contribution in [3.05, 3.63) is 11.1 Å². The first kappa shape index (κ1) is 22.5. The molecule has 1 aromatic rings. The van der Waals surface area contributed by atoms with Gasteiger partial charge in [0.15, 0.2) is 10.8 Å². The van der Waals surface area contributed by atoms with Gasteiger partial charge in [0.25, 0.3) is 5.91 Å². The lowest BCUT2D eigenvalue weighted by atomic mass is 9.68. The van der Waals surface area contributed by atoms with Crippen LogP contribution in [0, 0.1) is 5.92 Å². The van der Waals surface area contributed by atoms with Crippen molar-refractivity contribution < 1.29 is 24.3 Å². The number of aromatic nitrogens is 1. The average Bonchev–Trinajstić information content (AvgIpc) is 3.31. The average molecular weight is 494 g/mol. The van der Waals surface area contributed by atoms with E-state index in [1.54, 1.807) is 19.2 Å². The van der Waals surface area contributed by atoms with Gasteiger partial charge in [-0.15, -0.1) is 23.1 Å². The van der Waals surface area contributed by atoms with Crippen LogP contribution < -0.4 is 11.1 Å². The van der Waals surface area contributed by atoms with Crippen LogP contribution in [-0.2, 0) is 19.2 Å². The summed E-state index contributed by atoms with van der Waals surface area (Å²) in [5.74, 6) is -1.29. The Kier molecular flexibility index (Phi) is 5.35. The molecular weight excluding hydrogens is 466 g/mol. The summed E-state index contributed by atoms with van der Waals surface area (Å²) in [6.07, 6.45) is 6.05. The van der Waals surface area contributed by atoms with Gasteiger partial charge >= 0.3 is 5.97 Å². The number of thioether (sulfide) groups is 1. The summed E-state index contributed by atoms with van der Waals surface area (Å²) in [6.45, 7) is 3.58. The van der Waals surface area contributed by atoms with Gasteiger partial charge in [-0.1, -0.05) is 5.16 Å². The Hall–Kier alpha value is -2.34. The molecule has 4 N–H and O–H groups in total. The van der Waals surface area contributed by atoms with E-state index >= 15 is 0 Å². The molecule has 3 saturated carbocycles. The third kappa shape index (κ3) is 3.76. The number of thiazole rings is 1. The van der Waals surface area contributed by atoms with Crippen molar-refractivity contribution in [3.63, 3.8) is 0 Å². The predicted molar refractivity (Wildman–Crippen MR) is 124 cm³/mol. The number of rotatable bonds is 6. The fraction of sp³-hybridized carbons (Fsp3) is 0.667. The number of hydrogen-bond acceptors (Lipinski definition) is 9. The van der Waals surface area contributed by atoms with Crippen molar-refractivity contribution >= 4 is 51.7 Å². The minimum Gasteiger partial charge on any atom is -0.480 e. The number of oxime groups is 1. The van der Waals surface area contributed by atoms with E-state index in [2.05, 4.69) is 15.5 Å². The maximum atomic E-state index is 13.2. The molecule has 5 aliphatic rings. The van der Waals surface area contributed by atoms with E-state index in [1.165, 1.54) is 28.0 Å². The lowest BCUT2D eigenvalue weighted by molar-refractivity contribution is -0.160. The van der Waals surface area contributed by atoms with Gasteiger partial charge in [-0.25, -0.2) is 9.78 Å². The predicted octanol–water partition coefficient (Wildman–Crippen LogP) is 1.80. The van der Waals surface area contributed by atoms with Gasteiger partial charge in [-0.2, -0.15) is 0 Å². The summed E-state index contributed by atoms with van der Waals surface area (Å²) in [5.41, 5.74) is 5.70. The molecule has 6 rings (SSSR count). The van der Waals surface area contributed by atoms with E-state index in [1.807, 2.05) is 0 Å². The Balaban J connectivity index is 1.35. The first-order valence-corrected chi connectivity index (χ1v) is 12.9. The summed E-state index contributed by atoms with van der Waals surface area (Å²) < 4.78 is -0.673. The fourth-order valence-electron chi connectivity index (χ4n) is 5.44. The van der Waals surface area contributed by atoms with Crippen molar-refractivity contribution in [2.75, 3.05) is 5.73 Å². The monoisotopic (exact) mass is 493 g/mol. The molecule has 3 atom stereocenters. The molecule has 0 aromatic carbocycles. The second kappa shape index (κ2) is 7.86. The number of hydrogen-bond donors (Lipinski definition) is 3. The third-order valence-corrected chi connectivity index (χ3v) is 9.54. The van der Waals surface area contributed by atoms with Crippen LogP contribution in [-0.4, -0.2) is 66.3 Å². The Morgan fingerprint density at radius 1 is 1.30 bits per heavy atom. The second-order valence-corrected chi connectivity index (χ2v) is 12.5. The standard InChI is InChI=1S/C21H27N5O5S2/c1-20(2)14(18(29)30)26-16(28)13(17(26)33-20)24-15(27)12(11-9-32-19(22)23-11)25-31-21-6-3-10(4-7-21)5-8-21/h9-10,13-14,17H,3-8H2,1-2H3,(H2,22,23)(H,24,27)(H,29,30)/b25-12-/t10?,13-,14+,17-,21?/m1/s1. The van der Waals surface area contributed by atoms with Crippen molar-refractivity contribution in [2.24, 2.45) is 11.1 Å². The van der Waals surface area contributed by atoms with Crippen LogP contribution in [0.1, 0.15) is 58.1 Å². The van der Waals surface area contributed by atoms with E-state index in [9.17, 15) is 19.5 Å². The number of carboxylic acid groups (broad SMARTS) is 1. The SMILES string of the molecule is CC1(C)S[C@@H]2[C@H](NC(=O)/C(=N\OC34CCC(CC3)CC4)c3csc(N)n3)C(=O)N2[C@H]1C(=O)O. The summed E-state index contributed by atoms with van der Waals surface area (Å²) in [4.78, 5) is 49.3. The maximum absolute atomic E-state index is 13.2. The topological polar surface area (TPSA) is 147 Å². The number of amides is 2. The highest BCUT2D eigenvalue weighted by Gasteiger charge is 2.64. The molecule has 0 spiro atoms. The number of nitrogen functional groups attached to an aromatic ring is 1. The first-order valence-electron chi connectivity index (χ1n) is 11.1. The molecule has 10 nitrogen and oxygen atoms in total. The number of nitrogens with one attached hydrogen (secondary N) is 1. The number of nitrogens with two attached hydrogens (primary N) is 1. The zero-order chi connectivity index (χ0) is 23.5. The molecule has 33 heavy (non-hydrogen) atoms. The van der Waals surface area contributed by atoms with E-state index in [0.29, 0.717) is 10.8 Å². The van der Waals surface area contributed by atoms with E-state index in [4.69, 9.17) is 10.6 Å². The molecule has 0 radical (unpaired) electrons. The smallest absolute Gasteiger partial charge is 0.327 e. The molecule has 3 heterocycles. The van der Waals surface area contributed by atoms with Gasteiger partial charge in [-0.05, 0) is 58.3 Å². The summed E-state index contributed by atoms with van der Waals surface area (Å²) in [7, 11) is 0. The number of carboxylic acids is 1. The molecule has 178 valence electrons. The van der Waals surface area contributed by atoms with Crippen molar-refractivity contribution in [1.29, 1.82) is 0 Å². The van der Waals surface area contributed by atoms with Crippen LogP contribution in [0.2, 0.25) is 0 Å². The molecule has 0 unspecified atom stereocenters. The summed E-state index contributed by atoms with van der Waals surface area (Å²) >= 11 is 2.56. The molecule has 2 bridgehead atoms. The number of β-lactam (4-membered cyclic amide) rings is 1. The summed E-state index contributed by atoms with van der Waals surface area (Å²) in [5, 5.41) is 18.1. The van der Waals surface area contributed by atoms with Crippen LogP contribution in [0.5, 0.6) is 0 Å². The van der Waals surface area contributed by atoms with Crippen LogP contribution in [0.4, 0.5) is 5.13 Å². The van der Waals surface area contributed by atoms with Crippen LogP contribution >= 0.6 is 23.1 Å². The van der Waals surface area contributed by atoms with Gasteiger partial charge in [-0.3, -0.25) is 9.59 Å². The number of anilines is 1. The molecule has 2 amide bonds. The molecule has 2 aliphatic heterocycles. The van der Waals surface area contributed by atoms with Gasteiger partial charge in [0.2, 0.25) is 5.91 Å².